The molecule has 2 saturated heterocycles. The SMILES string of the molecule is COC(=O)[C@@H]1CC[C@H](CN2CCCC2)N(C(=O)Cc2ccc(Cl)c(Cl)c2)C1. The molecule has 2 fully saturated rings. The van der Waals surface area contributed by atoms with E-state index in [-0.39, 0.29) is 30.3 Å². The first-order chi connectivity index (χ1) is 13.0. The van der Waals surface area contributed by atoms with E-state index in [0.717, 1.165) is 38.0 Å². The van der Waals surface area contributed by atoms with Crippen LogP contribution in [0.4, 0.5) is 0 Å². The molecule has 3 rings (SSSR count). The lowest BCUT2D eigenvalue weighted by molar-refractivity contribution is -0.150. The van der Waals surface area contributed by atoms with E-state index in [9.17, 15) is 9.59 Å². The average Bonchev–Trinajstić information content (AvgIpc) is 3.17. The van der Waals surface area contributed by atoms with Crippen molar-refractivity contribution >= 4 is 35.1 Å². The molecule has 0 aromatic heterocycles. The zero-order chi connectivity index (χ0) is 19.4. The number of rotatable bonds is 5. The molecule has 0 radical (unpaired) electrons. The Morgan fingerprint density at radius 3 is 2.56 bits per heavy atom. The number of esters is 1. The van der Waals surface area contributed by atoms with Crippen LogP contribution < -0.4 is 0 Å². The van der Waals surface area contributed by atoms with Crippen LogP contribution >= 0.6 is 23.2 Å². The normalized spacial score (nSPS) is 23.4. The molecule has 0 saturated carbocycles. The number of piperidine rings is 1. The van der Waals surface area contributed by atoms with Gasteiger partial charge in [-0.15, -0.1) is 0 Å². The average molecular weight is 413 g/mol. The van der Waals surface area contributed by atoms with Crippen molar-refractivity contribution in [1.29, 1.82) is 0 Å². The van der Waals surface area contributed by atoms with E-state index < -0.39 is 0 Å². The van der Waals surface area contributed by atoms with Crippen molar-refractivity contribution in [2.75, 3.05) is 33.3 Å². The maximum Gasteiger partial charge on any atom is 0.310 e. The topological polar surface area (TPSA) is 49.9 Å². The first kappa shape index (κ1) is 20.4. The second kappa shape index (κ2) is 9.26. The third-order valence-electron chi connectivity index (χ3n) is 5.57. The van der Waals surface area contributed by atoms with Gasteiger partial charge in [-0.1, -0.05) is 29.3 Å². The van der Waals surface area contributed by atoms with Crippen molar-refractivity contribution in [2.24, 2.45) is 5.92 Å². The first-order valence-corrected chi connectivity index (χ1v) is 10.3. The van der Waals surface area contributed by atoms with Gasteiger partial charge in [-0.2, -0.15) is 0 Å². The van der Waals surface area contributed by atoms with E-state index >= 15 is 0 Å². The molecule has 2 aliphatic heterocycles. The van der Waals surface area contributed by atoms with E-state index in [1.165, 1.54) is 20.0 Å². The number of halogens is 2. The summed E-state index contributed by atoms with van der Waals surface area (Å²) in [6.07, 6.45) is 4.27. The second-order valence-corrected chi connectivity index (χ2v) is 8.24. The largest absolute Gasteiger partial charge is 0.469 e. The van der Waals surface area contributed by atoms with Gasteiger partial charge in [0.15, 0.2) is 0 Å². The minimum atomic E-state index is -0.248. The Balaban J connectivity index is 1.72. The molecule has 1 amide bonds. The smallest absolute Gasteiger partial charge is 0.310 e. The Labute approximate surface area is 170 Å². The van der Waals surface area contributed by atoms with E-state index in [1.54, 1.807) is 12.1 Å². The number of methoxy groups -OCH3 is 1. The molecule has 0 N–H and O–H groups in total. The van der Waals surface area contributed by atoms with Gasteiger partial charge in [0.05, 0.1) is 29.5 Å². The summed E-state index contributed by atoms with van der Waals surface area (Å²) in [5.41, 5.74) is 0.828. The molecular formula is C20H26Cl2N2O3. The van der Waals surface area contributed by atoms with Gasteiger partial charge in [-0.05, 0) is 56.5 Å². The van der Waals surface area contributed by atoms with Crippen LogP contribution in [0.2, 0.25) is 10.0 Å². The lowest BCUT2D eigenvalue weighted by atomic mass is 9.91. The summed E-state index contributed by atoms with van der Waals surface area (Å²) in [6, 6.07) is 5.41. The number of ether oxygens (including phenoxy) is 1. The van der Waals surface area contributed by atoms with Gasteiger partial charge in [0.1, 0.15) is 0 Å². The molecule has 148 valence electrons. The summed E-state index contributed by atoms with van der Waals surface area (Å²) < 4.78 is 4.91. The van der Waals surface area contributed by atoms with Gasteiger partial charge >= 0.3 is 5.97 Å². The summed E-state index contributed by atoms with van der Waals surface area (Å²) >= 11 is 12.1. The molecule has 2 heterocycles. The Morgan fingerprint density at radius 1 is 1.15 bits per heavy atom. The highest BCUT2D eigenvalue weighted by Crippen LogP contribution is 2.27. The first-order valence-electron chi connectivity index (χ1n) is 9.51. The van der Waals surface area contributed by atoms with Crippen LogP contribution in [0.3, 0.4) is 0 Å². The maximum absolute atomic E-state index is 13.1. The fourth-order valence-corrected chi connectivity index (χ4v) is 4.39. The van der Waals surface area contributed by atoms with E-state index in [4.69, 9.17) is 27.9 Å². The molecule has 7 heteroatoms. The number of hydrogen-bond acceptors (Lipinski definition) is 4. The molecule has 5 nitrogen and oxygen atoms in total. The standard InChI is InChI=1S/C20H26Cl2N2O3/c1-27-20(26)15-5-6-16(13-23-8-2-3-9-23)24(12-15)19(25)11-14-4-7-17(21)18(22)10-14/h4,7,10,15-16H,2-3,5-6,8-9,11-13H2,1H3/t15-,16-/m1/s1. The number of nitrogens with zero attached hydrogens (tertiary/aromatic N) is 2. The van der Waals surface area contributed by atoms with E-state index in [1.807, 2.05) is 11.0 Å². The quantitative estimate of drug-likeness (QED) is 0.695. The number of benzene rings is 1. The van der Waals surface area contributed by atoms with Gasteiger partial charge < -0.3 is 14.5 Å². The van der Waals surface area contributed by atoms with Crippen LogP contribution in [-0.4, -0.2) is 61.0 Å². The Kier molecular flexibility index (Phi) is 7.01. The van der Waals surface area contributed by atoms with Crippen LogP contribution in [0.15, 0.2) is 18.2 Å². The molecule has 0 unspecified atom stereocenters. The van der Waals surface area contributed by atoms with Crippen molar-refractivity contribution in [1.82, 2.24) is 9.80 Å². The predicted octanol–water partition coefficient (Wildman–Crippen LogP) is 3.41. The third kappa shape index (κ3) is 5.15. The van der Waals surface area contributed by atoms with Gasteiger partial charge in [0.2, 0.25) is 5.91 Å². The molecule has 2 atom stereocenters. The van der Waals surface area contributed by atoms with Crippen molar-refractivity contribution in [3.8, 4) is 0 Å². The second-order valence-electron chi connectivity index (χ2n) is 7.43. The highest BCUT2D eigenvalue weighted by molar-refractivity contribution is 6.42. The van der Waals surface area contributed by atoms with Gasteiger partial charge in [-0.3, -0.25) is 9.59 Å². The molecule has 0 aliphatic carbocycles. The van der Waals surface area contributed by atoms with E-state index in [0.29, 0.717) is 16.6 Å². The Hall–Kier alpha value is -1.30. The van der Waals surface area contributed by atoms with Crippen LogP contribution in [-0.2, 0) is 20.7 Å². The fraction of sp³-hybridized carbons (Fsp3) is 0.600. The summed E-state index contributed by atoms with van der Waals surface area (Å²) in [7, 11) is 1.40. The lowest BCUT2D eigenvalue weighted by Crippen LogP contribution is -2.53. The van der Waals surface area contributed by atoms with Gasteiger partial charge in [0.25, 0.3) is 0 Å². The van der Waals surface area contributed by atoms with Crippen molar-refractivity contribution in [3.05, 3.63) is 33.8 Å². The molecule has 1 aromatic rings. The monoisotopic (exact) mass is 412 g/mol. The van der Waals surface area contributed by atoms with Crippen molar-refractivity contribution in [3.63, 3.8) is 0 Å². The number of hydrogen-bond donors (Lipinski definition) is 0. The third-order valence-corrected chi connectivity index (χ3v) is 6.31. The highest BCUT2D eigenvalue weighted by atomic mass is 35.5. The molecule has 27 heavy (non-hydrogen) atoms. The lowest BCUT2D eigenvalue weighted by Gasteiger charge is -2.40. The zero-order valence-electron chi connectivity index (χ0n) is 15.6. The summed E-state index contributed by atoms with van der Waals surface area (Å²) in [4.78, 5) is 29.4. The van der Waals surface area contributed by atoms with Crippen LogP contribution in [0.25, 0.3) is 0 Å². The number of likely N-dealkylation sites (tertiary alicyclic amines) is 2. The number of carbonyl (C=O) groups excluding carboxylic acids is 2. The highest BCUT2D eigenvalue weighted by Gasteiger charge is 2.36. The molecule has 0 bridgehead atoms. The minimum absolute atomic E-state index is 0.0196. The maximum atomic E-state index is 13.1. The van der Waals surface area contributed by atoms with Crippen molar-refractivity contribution in [2.45, 2.75) is 38.1 Å². The van der Waals surface area contributed by atoms with Crippen molar-refractivity contribution < 1.29 is 14.3 Å². The van der Waals surface area contributed by atoms with Gasteiger partial charge in [0, 0.05) is 19.1 Å². The summed E-state index contributed by atoms with van der Waals surface area (Å²) in [6.45, 7) is 3.48. The number of amides is 1. The van der Waals surface area contributed by atoms with Crippen LogP contribution in [0.1, 0.15) is 31.2 Å². The molecule has 2 aliphatic rings. The summed E-state index contributed by atoms with van der Waals surface area (Å²) in [5.74, 6) is -0.462. The zero-order valence-corrected chi connectivity index (χ0v) is 17.1. The van der Waals surface area contributed by atoms with Crippen LogP contribution in [0, 0.1) is 5.92 Å². The Morgan fingerprint density at radius 2 is 1.89 bits per heavy atom. The van der Waals surface area contributed by atoms with Crippen LogP contribution in [0.5, 0.6) is 0 Å². The van der Waals surface area contributed by atoms with Gasteiger partial charge in [-0.25, -0.2) is 0 Å². The number of carbonyl (C=O) groups is 2. The Bertz CT molecular complexity index is 692. The fourth-order valence-electron chi connectivity index (χ4n) is 4.07. The summed E-state index contributed by atoms with van der Waals surface area (Å²) in [5, 5.41) is 0.921. The molecule has 1 aromatic carbocycles. The minimum Gasteiger partial charge on any atom is -0.469 e. The molecule has 0 spiro atoms. The molecular weight excluding hydrogens is 387 g/mol. The predicted molar refractivity (Wildman–Crippen MR) is 106 cm³/mol. The van der Waals surface area contributed by atoms with E-state index in [2.05, 4.69) is 4.90 Å².